The summed E-state index contributed by atoms with van der Waals surface area (Å²) < 4.78 is 5.18. The Kier molecular flexibility index (Phi) is 24.2. The van der Waals surface area contributed by atoms with Gasteiger partial charge in [-0.15, -0.1) is 0 Å². The van der Waals surface area contributed by atoms with Crippen LogP contribution < -0.4 is 42.8 Å². The van der Waals surface area contributed by atoms with Crippen molar-refractivity contribution in [1.29, 1.82) is 0 Å². The average Bonchev–Trinajstić information content (AvgIpc) is 3.35. The summed E-state index contributed by atoms with van der Waals surface area (Å²) in [4.78, 5) is 131. The van der Waals surface area contributed by atoms with Crippen molar-refractivity contribution in [1.82, 2.24) is 16.0 Å². The van der Waals surface area contributed by atoms with Crippen LogP contribution in [-0.4, -0.2) is 95.0 Å². The molecule has 1 aliphatic rings. The minimum absolute atomic E-state index is 0.0279. The Morgan fingerprint density at radius 1 is 0.662 bits per heavy atom. The van der Waals surface area contributed by atoms with Crippen molar-refractivity contribution < 1.29 is 62.9 Å². The number of urea groups is 2. The van der Waals surface area contributed by atoms with Gasteiger partial charge in [0.25, 0.3) is 0 Å². The number of carbonyl (C=O) groups is 10. The van der Waals surface area contributed by atoms with E-state index < -0.39 is 102 Å². The van der Waals surface area contributed by atoms with Gasteiger partial charge in [-0.25, -0.2) is 9.59 Å². The van der Waals surface area contributed by atoms with Gasteiger partial charge in [0.05, 0.1) is 25.6 Å². The summed E-state index contributed by atoms with van der Waals surface area (Å²) in [6.45, 7) is 2.07. The highest BCUT2D eigenvalue weighted by atomic mass is 16.5. The van der Waals surface area contributed by atoms with Crippen LogP contribution in [0.5, 0.6) is 5.75 Å². The molecule has 0 aromatic heterocycles. The van der Waals surface area contributed by atoms with E-state index >= 15 is 0 Å². The van der Waals surface area contributed by atoms with Crippen LogP contribution in [0, 0.1) is 30.6 Å². The van der Waals surface area contributed by atoms with Crippen LogP contribution in [0.1, 0.15) is 113 Å². The standard InChI is InChI=1S/C54H71N7O13/c1-33-11-6-7-15-43(33)61-54(73)58-39-22-18-35(19-23-39)28-40(62)29-37(14-8-9-26-57-53(56)72)51(70)59-44(16-10-17-48(65)66)47(64)31-42(36-12-4-3-5-13-36)52(71)60-45(32-49(67)68)46(63)30-38(50(55)69)27-34-20-24-41(74-2)25-21-34/h6-7,11,15,18-25,36-38,42,44-45H,3-5,8-10,12-14,16-17,26-32H2,1-2H3,(H2,55,69)(H,59,70)(H,60,71)(H,65,66)(H,67,68)(H3,56,57,72)(H2,58,61,73)/t37-,38+,42-,44+,45+/m1/s1. The lowest BCUT2D eigenvalue weighted by Crippen LogP contribution is -2.49. The summed E-state index contributed by atoms with van der Waals surface area (Å²) in [5.41, 5.74) is 14.2. The van der Waals surface area contributed by atoms with Crippen LogP contribution >= 0.6 is 0 Å². The number of nitrogens with one attached hydrogen (secondary N) is 5. The molecule has 1 aliphatic carbocycles. The smallest absolute Gasteiger partial charge is 0.323 e. The molecule has 3 aromatic rings. The second kappa shape index (κ2) is 30.4. The van der Waals surface area contributed by atoms with Crippen LogP contribution in [0.15, 0.2) is 72.8 Å². The van der Waals surface area contributed by atoms with Crippen molar-refractivity contribution in [3.05, 3.63) is 89.5 Å². The maximum absolute atomic E-state index is 14.5. The van der Waals surface area contributed by atoms with Crippen molar-refractivity contribution >= 4 is 70.4 Å². The fraction of sp³-hybridized carbons (Fsp3) is 0.481. The Morgan fingerprint density at radius 2 is 1.31 bits per heavy atom. The van der Waals surface area contributed by atoms with Gasteiger partial charge in [-0.1, -0.05) is 68.1 Å². The number of hydrogen-bond acceptors (Lipinski definition) is 11. The molecule has 0 spiro atoms. The number of carboxylic acid groups (broad SMARTS) is 2. The predicted octanol–water partition coefficient (Wildman–Crippen LogP) is 5.76. The third-order valence-corrected chi connectivity index (χ3v) is 13.3. The predicted molar refractivity (Wildman–Crippen MR) is 275 cm³/mol. The second-order valence-corrected chi connectivity index (χ2v) is 19.0. The molecular formula is C54H71N7O13. The number of Topliss-reactive ketones (excluding diaryl/α,β-unsaturated/α-hetero) is 3. The summed E-state index contributed by atoms with van der Waals surface area (Å²) in [7, 11) is 1.49. The maximum atomic E-state index is 14.5. The first-order chi connectivity index (χ1) is 35.3. The molecule has 0 bridgehead atoms. The van der Waals surface area contributed by atoms with E-state index in [1.54, 1.807) is 60.7 Å². The number of para-hydroxylation sites is 1. The Bertz CT molecular complexity index is 2420. The topological polar surface area (TPSA) is 333 Å². The molecule has 1 saturated carbocycles. The van der Waals surface area contributed by atoms with Crippen molar-refractivity contribution in [2.24, 2.45) is 35.1 Å². The van der Waals surface area contributed by atoms with E-state index in [9.17, 15) is 58.2 Å². The van der Waals surface area contributed by atoms with Crippen LogP contribution in [0.3, 0.4) is 0 Å². The number of anilines is 2. The van der Waals surface area contributed by atoms with E-state index in [0.717, 1.165) is 24.8 Å². The molecule has 400 valence electrons. The number of nitrogens with two attached hydrogens (primary N) is 2. The monoisotopic (exact) mass is 1030 g/mol. The van der Waals surface area contributed by atoms with Crippen molar-refractivity contribution in [2.75, 3.05) is 24.3 Å². The Hall–Kier alpha value is -7.64. The van der Waals surface area contributed by atoms with Gasteiger partial charge in [0.2, 0.25) is 17.7 Å². The summed E-state index contributed by atoms with van der Waals surface area (Å²) in [5.74, 6) is -9.28. The summed E-state index contributed by atoms with van der Waals surface area (Å²) in [6, 6.07) is 16.6. The molecule has 74 heavy (non-hydrogen) atoms. The lowest BCUT2D eigenvalue weighted by atomic mass is 9.76. The van der Waals surface area contributed by atoms with Gasteiger partial charge in [0.15, 0.2) is 11.6 Å². The zero-order chi connectivity index (χ0) is 54.2. The molecule has 7 amide bonds. The van der Waals surface area contributed by atoms with Gasteiger partial charge in [-0.05, 0) is 105 Å². The first kappa shape index (κ1) is 58.9. The summed E-state index contributed by atoms with van der Waals surface area (Å²) in [5, 5.41) is 32.7. The van der Waals surface area contributed by atoms with E-state index in [2.05, 4.69) is 26.6 Å². The third kappa shape index (κ3) is 20.8. The molecule has 0 heterocycles. The number of primary amides is 2. The minimum Gasteiger partial charge on any atom is -0.497 e. The van der Waals surface area contributed by atoms with Gasteiger partial charge in [0.1, 0.15) is 11.5 Å². The molecule has 0 radical (unpaired) electrons. The van der Waals surface area contributed by atoms with E-state index in [1.807, 2.05) is 19.1 Å². The Morgan fingerprint density at radius 3 is 1.93 bits per heavy atom. The zero-order valence-corrected chi connectivity index (χ0v) is 42.2. The first-order valence-electron chi connectivity index (χ1n) is 25.1. The van der Waals surface area contributed by atoms with Gasteiger partial charge >= 0.3 is 24.0 Å². The van der Waals surface area contributed by atoms with Crippen molar-refractivity contribution in [3.63, 3.8) is 0 Å². The maximum Gasteiger partial charge on any atom is 0.323 e. The number of unbranched alkanes of at least 4 members (excludes halogenated alkanes) is 1. The van der Waals surface area contributed by atoms with Crippen LogP contribution in [0.4, 0.5) is 21.0 Å². The molecule has 0 saturated heterocycles. The molecule has 20 nitrogen and oxygen atoms in total. The molecule has 0 unspecified atom stereocenters. The number of aliphatic carboxylic acids is 2. The molecule has 11 N–H and O–H groups in total. The van der Waals surface area contributed by atoms with Crippen LogP contribution in [-0.2, 0) is 51.2 Å². The number of carbonyl (C=O) groups excluding carboxylic acids is 8. The molecule has 4 rings (SSSR count). The fourth-order valence-corrected chi connectivity index (χ4v) is 9.16. The van der Waals surface area contributed by atoms with Crippen LogP contribution in [0.25, 0.3) is 0 Å². The number of rotatable bonds is 32. The van der Waals surface area contributed by atoms with E-state index in [-0.39, 0.29) is 63.2 Å². The normalized spacial score (nSPS) is 14.4. The largest absolute Gasteiger partial charge is 0.497 e. The van der Waals surface area contributed by atoms with Gasteiger partial charge < -0.3 is 53.0 Å². The van der Waals surface area contributed by atoms with Gasteiger partial charge in [-0.2, -0.15) is 0 Å². The van der Waals surface area contributed by atoms with E-state index in [1.165, 1.54) is 7.11 Å². The van der Waals surface area contributed by atoms with Crippen molar-refractivity contribution in [3.8, 4) is 5.75 Å². The number of ketones is 3. The lowest BCUT2D eigenvalue weighted by molar-refractivity contribution is -0.141. The van der Waals surface area contributed by atoms with Crippen LogP contribution in [0.2, 0.25) is 0 Å². The second-order valence-electron chi connectivity index (χ2n) is 19.0. The first-order valence-corrected chi connectivity index (χ1v) is 25.1. The number of ether oxygens (including phenoxy) is 1. The minimum atomic E-state index is -1.58. The number of hydrogen-bond donors (Lipinski definition) is 9. The quantitative estimate of drug-likeness (QED) is 0.0336. The lowest BCUT2D eigenvalue weighted by Gasteiger charge is -2.31. The highest BCUT2D eigenvalue weighted by Crippen LogP contribution is 2.33. The average molecular weight is 1030 g/mol. The Balaban J connectivity index is 1.51. The zero-order valence-electron chi connectivity index (χ0n) is 42.2. The molecule has 1 fully saturated rings. The van der Waals surface area contributed by atoms with Gasteiger partial charge in [-0.3, -0.25) is 38.4 Å². The van der Waals surface area contributed by atoms with Gasteiger partial charge in [0, 0.05) is 67.8 Å². The molecule has 20 heteroatoms. The highest BCUT2D eigenvalue weighted by molar-refractivity contribution is 6.00. The van der Waals surface area contributed by atoms with E-state index in [0.29, 0.717) is 53.9 Å². The number of aryl methyl sites for hydroxylation is 1. The summed E-state index contributed by atoms with van der Waals surface area (Å²) in [6.07, 6.45) is 1.91. The molecule has 3 aromatic carbocycles. The SMILES string of the molecule is COc1ccc(C[C@@H](CC(=O)[C@H](CC(=O)O)NC(=O)[C@H](CC(=O)[C@H](CCCC(=O)O)NC(=O)[C@H](CCCCNC(N)=O)CC(=O)Cc2ccc(NC(=O)Nc3ccccc3C)cc2)C2CCCCC2)C(N)=O)cc1. The van der Waals surface area contributed by atoms with E-state index in [4.69, 9.17) is 16.2 Å². The molecule has 5 atom stereocenters. The number of carboxylic acids is 2. The van der Waals surface area contributed by atoms with Crippen molar-refractivity contribution in [2.45, 2.75) is 128 Å². The number of benzene rings is 3. The Labute approximate surface area is 430 Å². The third-order valence-electron chi connectivity index (χ3n) is 13.3. The fourth-order valence-electron chi connectivity index (χ4n) is 9.16. The number of methoxy groups -OCH3 is 1. The molecule has 0 aliphatic heterocycles. The molecular weight excluding hydrogens is 955 g/mol. The number of amides is 7. The highest BCUT2D eigenvalue weighted by Gasteiger charge is 2.37. The summed E-state index contributed by atoms with van der Waals surface area (Å²) >= 11 is 0.